The summed E-state index contributed by atoms with van der Waals surface area (Å²) in [5, 5.41) is 3.26. The maximum atomic E-state index is 11.9. The van der Waals surface area contributed by atoms with Crippen molar-refractivity contribution >= 4 is 11.8 Å². The van der Waals surface area contributed by atoms with Gasteiger partial charge in [-0.3, -0.25) is 9.59 Å². The first kappa shape index (κ1) is 16.9. The Labute approximate surface area is 110 Å². The van der Waals surface area contributed by atoms with Crippen molar-refractivity contribution in [1.29, 1.82) is 0 Å². The van der Waals surface area contributed by atoms with E-state index in [-0.39, 0.29) is 12.5 Å². The van der Waals surface area contributed by atoms with E-state index >= 15 is 0 Å². The molecule has 0 saturated carbocycles. The third-order valence-electron chi connectivity index (χ3n) is 2.60. The van der Waals surface area contributed by atoms with Crippen LogP contribution < -0.4 is 11.1 Å². The van der Waals surface area contributed by atoms with Crippen molar-refractivity contribution in [3.63, 3.8) is 0 Å². The van der Waals surface area contributed by atoms with Crippen molar-refractivity contribution in [2.24, 2.45) is 5.73 Å². The van der Waals surface area contributed by atoms with E-state index in [1.807, 2.05) is 0 Å². The van der Waals surface area contributed by atoms with Crippen molar-refractivity contribution in [3.05, 3.63) is 0 Å². The minimum absolute atomic E-state index is 0.0211. The minimum Gasteiger partial charge on any atom is -0.368 e. The van der Waals surface area contributed by atoms with Gasteiger partial charge in [-0.2, -0.15) is 0 Å². The van der Waals surface area contributed by atoms with Crippen molar-refractivity contribution in [3.8, 4) is 0 Å². The molecule has 18 heavy (non-hydrogen) atoms. The monoisotopic (exact) mass is 257 g/mol. The summed E-state index contributed by atoms with van der Waals surface area (Å²) in [4.78, 5) is 24.4. The van der Waals surface area contributed by atoms with Crippen LogP contribution in [0.2, 0.25) is 0 Å². The van der Waals surface area contributed by atoms with Gasteiger partial charge in [0.15, 0.2) is 0 Å². The van der Waals surface area contributed by atoms with Gasteiger partial charge < -0.3 is 16.0 Å². The quantitative estimate of drug-likeness (QED) is 0.570. The van der Waals surface area contributed by atoms with Gasteiger partial charge in [0.2, 0.25) is 11.8 Å². The van der Waals surface area contributed by atoms with Crippen LogP contribution in [0.5, 0.6) is 0 Å². The Morgan fingerprint density at radius 1 is 1.28 bits per heavy atom. The minimum atomic E-state index is -0.445. The highest BCUT2D eigenvalue weighted by Gasteiger charge is 2.14. The average molecular weight is 257 g/mol. The Kier molecular flexibility index (Phi) is 9.28. The molecule has 0 aliphatic rings. The van der Waals surface area contributed by atoms with Crippen LogP contribution >= 0.6 is 0 Å². The van der Waals surface area contributed by atoms with Gasteiger partial charge in [-0.1, -0.05) is 27.2 Å². The number of nitrogens with one attached hydrogen (secondary N) is 1. The Hall–Kier alpha value is -1.10. The average Bonchev–Trinajstić information content (AvgIpc) is 2.29. The fourth-order valence-electron chi connectivity index (χ4n) is 1.62. The lowest BCUT2D eigenvalue weighted by Gasteiger charge is -2.21. The van der Waals surface area contributed by atoms with E-state index in [4.69, 9.17) is 5.73 Å². The lowest BCUT2D eigenvalue weighted by Crippen LogP contribution is -2.39. The van der Waals surface area contributed by atoms with Gasteiger partial charge in [0.1, 0.15) is 0 Å². The zero-order valence-electron chi connectivity index (χ0n) is 11.9. The predicted molar refractivity (Wildman–Crippen MR) is 73.1 cm³/mol. The van der Waals surface area contributed by atoms with Crippen LogP contribution in [0.25, 0.3) is 0 Å². The van der Waals surface area contributed by atoms with Crippen molar-refractivity contribution in [2.75, 3.05) is 19.6 Å². The summed E-state index contributed by atoms with van der Waals surface area (Å²) in [5.41, 5.74) is 5.15. The fourth-order valence-corrected chi connectivity index (χ4v) is 1.62. The first-order valence-electron chi connectivity index (χ1n) is 6.76. The molecule has 2 amide bonds. The van der Waals surface area contributed by atoms with E-state index in [1.54, 1.807) is 4.90 Å². The molecule has 0 aromatic heterocycles. The number of carbonyl (C=O) groups is 2. The molecule has 5 nitrogen and oxygen atoms in total. The summed E-state index contributed by atoms with van der Waals surface area (Å²) in [7, 11) is 0. The van der Waals surface area contributed by atoms with E-state index in [9.17, 15) is 9.59 Å². The molecular formula is C13H27N3O2. The maximum absolute atomic E-state index is 11.9. The summed E-state index contributed by atoms with van der Waals surface area (Å²) < 4.78 is 0. The van der Waals surface area contributed by atoms with Crippen LogP contribution in [0.3, 0.4) is 0 Å². The summed E-state index contributed by atoms with van der Waals surface area (Å²) in [5.74, 6) is -0.424. The second kappa shape index (κ2) is 9.88. The van der Waals surface area contributed by atoms with E-state index in [1.165, 1.54) is 0 Å². The molecule has 5 heteroatoms. The van der Waals surface area contributed by atoms with Gasteiger partial charge in [-0.15, -0.1) is 0 Å². The molecule has 0 aliphatic carbocycles. The Balaban J connectivity index is 3.99. The molecule has 0 bridgehead atoms. The van der Waals surface area contributed by atoms with Crippen LogP contribution in [0.15, 0.2) is 0 Å². The SMILES string of the molecule is CCCCN(CC(N)=O)C(=O)CCCNC(C)C. The van der Waals surface area contributed by atoms with Crippen LogP contribution in [-0.4, -0.2) is 42.4 Å². The number of nitrogens with two attached hydrogens (primary N) is 1. The molecule has 3 N–H and O–H groups in total. The molecule has 0 aromatic rings. The molecule has 0 spiro atoms. The van der Waals surface area contributed by atoms with Gasteiger partial charge in [0.05, 0.1) is 6.54 Å². The summed E-state index contributed by atoms with van der Waals surface area (Å²) >= 11 is 0. The Morgan fingerprint density at radius 3 is 2.44 bits per heavy atom. The Bertz CT molecular complexity index is 255. The maximum Gasteiger partial charge on any atom is 0.237 e. The molecule has 0 saturated heterocycles. The third kappa shape index (κ3) is 8.98. The summed E-state index contributed by atoms with van der Waals surface area (Å²) in [6, 6.07) is 0.432. The normalized spacial score (nSPS) is 10.7. The molecular weight excluding hydrogens is 230 g/mol. The lowest BCUT2D eigenvalue weighted by atomic mass is 10.2. The van der Waals surface area contributed by atoms with Crippen LogP contribution in [0.4, 0.5) is 0 Å². The lowest BCUT2D eigenvalue weighted by molar-refractivity contribution is -0.135. The molecule has 0 unspecified atom stereocenters. The molecule has 0 fully saturated rings. The van der Waals surface area contributed by atoms with Gasteiger partial charge in [-0.05, 0) is 19.4 Å². The Morgan fingerprint density at radius 2 is 1.94 bits per heavy atom. The highest BCUT2D eigenvalue weighted by Crippen LogP contribution is 2.01. The highest BCUT2D eigenvalue weighted by atomic mass is 16.2. The third-order valence-corrected chi connectivity index (χ3v) is 2.60. The number of rotatable bonds is 10. The topological polar surface area (TPSA) is 75.4 Å². The number of primary amides is 1. The first-order valence-corrected chi connectivity index (χ1v) is 6.76. The zero-order valence-corrected chi connectivity index (χ0v) is 11.9. The molecule has 0 atom stereocenters. The number of hydrogen-bond acceptors (Lipinski definition) is 3. The largest absolute Gasteiger partial charge is 0.368 e. The van der Waals surface area contributed by atoms with E-state index in [0.29, 0.717) is 19.0 Å². The van der Waals surface area contributed by atoms with E-state index < -0.39 is 5.91 Å². The van der Waals surface area contributed by atoms with Gasteiger partial charge >= 0.3 is 0 Å². The highest BCUT2D eigenvalue weighted by molar-refractivity contribution is 5.83. The van der Waals surface area contributed by atoms with Crippen molar-refractivity contribution in [1.82, 2.24) is 10.2 Å². The van der Waals surface area contributed by atoms with Crippen molar-refractivity contribution < 1.29 is 9.59 Å². The molecule has 0 aromatic carbocycles. The summed E-state index contributed by atoms with van der Waals surface area (Å²) in [6.07, 6.45) is 3.16. The molecule has 106 valence electrons. The zero-order chi connectivity index (χ0) is 14.0. The van der Waals surface area contributed by atoms with Gasteiger partial charge in [0.25, 0.3) is 0 Å². The standard InChI is InChI=1S/C13H27N3O2/c1-4-5-9-16(10-12(14)17)13(18)7-6-8-15-11(2)3/h11,15H,4-10H2,1-3H3,(H2,14,17). The molecule has 0 radical (unpaired) electrons. The summed E-state index contributed by atoms with van der Waals surface area (Å²) in [6.45, 7) is 7.68. The molecule has 0 rings (SSSR count). The van der Waals surface area contributed by atoms with Gasteiger partial charge in [-0.25, -0.2) is 0 Å². The van der Waals surface area contributed by atoms with Crippen LogP contribution in [0, 0.1) is 0 Å². The van der Waals surface area contributed by atoms with Crippen LogP contribution in [0.1, 0.15) is 46.5 Å². The number of amides is 2. The molecule has 0 aliphatic heterocycles. The van der Waals surface area contributed by atoms with Gasteiger partial charge in [0, 0.05) is 19.0 Å². The van der Waals surface area contributed by atoms with E-state index in [0.717, 1.165) is 25.8 Å². The second-order valence-corrected chi connectivity index (χ2v) is 4.85. The fraction of sp³-hybridized carbons (Fsp3) is 0.846. The number of unbranched alkanes of at least 4 members (excludes halogenated alkanes) is 1. The van der Waals surface area contributed by atoms with Crippen LogP contribution in [-0.2, 0) is 9.59 Å². The number of carbonyl (C=O) groups excluding carboxylic acids is 2. The predicted octanol–water partition coefficient (Wildman–Crippen LogP) is 0.879. The smallest absolute Gasteiger partial charge is 0.237 e. The van der Waals surface area contributed by atoms with Crippen molar-refractivity contribution in [2.45, 2.75) is 52.5 Å². The number of hydrogen-bond donors (Lipinski definition) is 2. The first-order chi connectivity index (χ1) is 8.47. The number of nitrogens with zero attached hydrogens (tertiary/aromatic N) is 1. The molecule has 0 heterocycles. The van der Waals surface area contributed by atoms with E-state index in [2.05, 4.69) is 26.1 Å². The second-order valence-electron chi connectivity index (χ2n) is 4.85.